The van der Waals surface area contributed by atoms with E-state index in [9.17, 15) is 4.79 Å². The molecule has 0 bridgehead atoms. The molecule has 0 amide bonds. The van der Waals surface area contributed by atoms with Crippen LogP contribution >= 0.6 is 0 Å². The second-order valence-corrected chi connectivity index (χ2v) is 5.64. The number of rotatable bonds is 5. The van der Waals surface area contributed by atoms with Gasteiger partial charge in [0.05, 0.1) is 6.42 Å². The summed E-state index contributed by atoms with van der Waals surface area (Å²) < 4.78 is 10.4. The summed E-state index contributed by atoms with van der Waals surface area (Å²) >= 11 is 0. The first kappa shape index (κ1) is 16.5. The Hall–Kier alpha value is -2.53. The summed E-state index contributed by atoms with van der Waals surface area (Å²) in [5.74, 6) is 0.0587. The van der Waals surface area contributed by atoms with Crippen molar-refractivity contribution in [1.29, 1.82) is 10.5 Å². The van der Waals surface area contributed by atoms with Crippen LogP contribution in [0.1, 0.15) is 26.3 Å². The second-order valence-electron chi connectivity index (χ2n) is 5.64. The fourth-order valence-corrected chi connectivity index (χ4v) is 1.60. The van der Waals surface area contributed by atoms with E-state index in [1.165, 1.54) is 0 Å². The van der Waals surface area contributed by atoms with Crippen molar-refractivity contribution in [1.82, 2.24) is 0 Å². The molecule has 1 aromatic carbocycles. The van der Waals surface area contributed by atoms with Gasteiger partial charge in [-0.25, -0.2) is 0 Å². The molecule has 0 spiro atoms. The Labute approximate surface area is 124 Å². The zero-order valence-electron chi connectivity index (χ0n) is 12.4. The molecule has 0 heterocycles. The molecular formula is C16H18N2O3. The van der Waals surface area contributed by atoms with Gasteiger partial charge in [0.25, 0.3) is 0 Å². The first-order chi connectivity index (χ1) is 9.86. The smallest absolute Gasteiger partial charge is 0.311 e. The molecule has 1 atom stereocenters. The maximum absolute atomic E-state index is 11.9. The number of carbonyl (C=O) groups excluding carboxylic acids is 1. The van der Waals surface area contributed by atoms with Crippen LogP contribution in [-0.2, 0) is 16.0 Å². The van der Waals surface area contributed by atoms with E-state index in [1.54, 1.807) is 24.3 Å². The van der Waals surface area contributed by atoms with E-state index in [0.717, 1.165) is 0 Å². The summed E-state index contributed by atoms with van der Waals surface area (Å²) in [4.78, 5) is 11.9. The SMILES string of the molecule is CC(C)(C)[C@@H](C#N)OC(=O)Cc1cccc(OCC#N)c1. The van der Waals surface area contributed by atoms with Crippen LogP contribution in [-0.4, -0.2) is 18.7 Å². The van der Waals surface area contributed by atoms with Crippen LogP contribution in [0.4, 0.5) is 0 Å². The highest BCUT2D eigenvalue weighted by molar-refractivity contribution is 5.73. The molecule has 1 aromatic rings. The summed E-state index contributed by atoms with van der Waals surface area (Å²) in [6, 6.07) is 10.8. The fraction of sp³-hybridized carbons (Fsp3) is 0.438. The number of hydrogen-bond donors (Lipinski definition) is 0. The van der Waals surface area contributed by atoms with Gasteiger partial charge in [0.1, 0.15) is 17.9 Å². The van der Waals surface area contributed by atoms with Gasteiger partial charge < -0.3 is 9.47 Å². The summed E-state index contributed by atoms with van der Waals surface area (Å²) in [6.07, 6.45) is -0.735. The van der Waals surface area contributed by atoms with Crippen LogP contribution in [0.5, 0.6) is 5.75 Å². The van der Waals surface area contributed by atoms with Gasteiger partial charge in [0.15, 0.2) is 12.7 Å². The minimum atomic E-state index is -0.789. The van der Waals surface area contributed by atoms with Gasteiger partial charge in [-0.15, -0.1) is 0 Å². The molecule has 5 nitrogen and oxygen atoms in total. The molecule has 0 unspecified atom stereocenters. The Morgan fingerprint density at radius 1 is 1.33 bits per heavy atom. The standard InChI is InChI=1S/C16H18N2O3/c1-16(2,3)14(11-18)21-15(19)10-12-5-4-6-13(9-12)20-8-7-17/h4-6,9,14H,8,10H2,1-3H3/t14-/m1/s1. The Morgan fingerprint density at radius 2 is 2.05 bits per heavy atom. The summed E-state index contributed by atoms with van der Waals surface area (Å²) in [6.45, 7) is 5.47. The van der Waals surface area contributed by atoms with Crippen molar-refractivity contribution in [3.63, 3.8) is 0 Å². The molecule has 0 aliphatic rings. The molecule has 21 heavy (non-hydrogen) atoms. The maximum Gasteiger partial charge on any atom is 0.311 e. The Bertz CT molecular complexity index is 576. The number of benzene rings is 1. The molecule has 110 valence electrons. The molecule has 0 aliphatic carbocycles. The zero-order chi connectivity index (χ0) is 15.9. The van der Waals surface area contributed by atoms with E-state index in [-0.39, 0.29) is 13.0 Å². The Balaban J connectivity index is 2.67. The van der Waals surface area contributed by atoms with Crippen LogP contribution in [0.3, 0.4) is 0 Å². The van der Waals surface area contributed by atoms with Crippen molar-refractivity contribution in [3.8, 4) is 17.9 Å². The van der Waals surface area contributed by atoms with E-state index < -0.39 is 17.5 Å². The van der Waals surface area contributed by atoms with Crippen molar-refractivity contribution in [2.75, 3.05) is 6.61 Å². The highest BCUT2D eigenvalue weighted by Gasteiger charge is 2.28. The summed E-state index contributed by atoms with van der Waals surface area (Å²) in [7, 11) is 0. The Kier molecular flexibility index (Phi) is 5.75. The van der Waals surface area contributed by atoms with Gasteiger partial charge in [0, 0.05) is 5.41 Å². The third-order valence-corrected chi connectivity index (χ3v) is 2.70. The molecule has 1 rings (SSSR count). The number of carbonyl (C=O) groups is 1. The first-order valence-corrected chi connectivity index (χ1v) is 6.54. The maximum atomic E-state index is 11.9. The molecular weight excluding hydrogens is 268 g/mol. The Morgan fingerprint density at radius 3 is 2.62 bits per heavy atom. The topological polar surface area (TPSA) is 83.1 Å². The number of esters is 1. The van der Waals surface area contributed by atoms with Crippen molar-refractivity contribution in [2.45, 2.75) is 33.3 Å². The predicted octanol–water partition coefficient (Wildman–Crippen LogP) is 2.61. The number of ether oxygens (including phenoxy) is 2. The van der Waals surface area contributed by atoms with Gasteiger partial charge >= 0.3 is 5.97 Å². The van der Waals surface area contributed by atoms with Crippen LogP contribution in [0, 0.1) is 28.1 Å². The molecule has 0 aromatic heterocycles. The van der Waals surface area contributed by atoms with Crippen molar-refractivity contribution < 1.29 is 14.3 Å². The van der Waals surface area contributed by atoms with E-state index in [0.29, 0.717) is 11.3 Å². The largest absolute Gasteiger partial charge is 0.479 e. The highest BCUT2D eigenvalue weighted by Crippen LogP contribution is 2.22. The highest BCUT2D eigenvalue weighted by atomic mass is 16.5. The molecule has 0 N–H and O–H groups in total. The van der Waals surface area contributed by atoms with Gasteiger partial charge in [-0.2, -0.15) is 10.5 Å². The second kappa shape index (κ2) is 7.31. The first-order valence-electron chi connectivity index (χ1n) is 6.54. The van der Waals surface area contributed by atoms with Gasteiger partial charge in [-0.3, -0.25) is 4.79 Å². The van der Waals surface area contributed by atoms with E-state index >= 15 is 0 Å². The average molecular weight is 286 g/mol. The van der Waals surface area contributed by atoms with Crippen molar-refractivity contribution >= 4 is 5.97 Å². The van der Waals surface area contributed by atoms with Gasteiger partial charge in [0.2, 0.25) is 0 Å². The minimum absolute atomic E-state index is 0.0472. The monoisotopic (exact) mass is 286 g/mol. The summed E-state index contributed by atoms with van der Waals surface area (Å²) in [5, 5.41) is 17.5. The van der Waals surface area contributed by atoms with E-state index in [1.807, 2.05) is 32.9 Å². The quantitative estimate of drug-likeness (QED) is 0.777. The molecule has 0 saturated carbocycles. The third kappa shape index (κ3) is 5.54. The van der Waals surface area contributed by atoms with E-state index in [4.69, 9.17) is 20.0 Å². The fourth-order valence-electron chi connectivity index (χ4n) is 1.60. The minimum Gasteiger partial charge on any atom is -0.479 e. The lowest BCUT2D eigenvalue weighted by Gasteiger charge is -2.24. The molecule has 0 aliphatic heterocycles. The van der Waals surface area contributed by atoms with Gasteiger partial charge in [-0.05, 0) is 17.7 Å². The van der Waals surface area contributed by atoms with E-state index in [2.05, 4.69) is 0 Å². The summed E-state index contributed by atoms with van der Waals surface area (Å²) in [5.41, 5.74) is 0.281. The average Bonchev–Trinajstić information content (AvgIpc) is 2.41. The lowest BCUT2D eigenvalue weighted by Crippen LogP contribution is -2.30. The number of nitrogens with zero attached hydrogens (tertiary/aromatic N) is 2. The lowest BCUT2D eigenvalue weighted by atomic mass is 9.90. The zero-order valence-corrected chi connectivity index (χ0v) is 12.4. The number of hydrogen-bond acceptors (Lipinski definition) is 5. The van der Waals surface area contributed by atoms with Gasteiger partial charge in [-0.1, -0.05) is 32.9 Å². The number of nitriles is 2. The normalized spacial score (nSPS) is 11.9. The molecule has 0 fully saturated rings. The van der Waals surface area contributed by atoms with Crippen molar-refractivity contribution in [3.05, 3.63) is 29.8 Å². The van der Waals surface area contributed by atoms with Crippen LogP contribution in [0.15, 0.2) is 24.3 Å². The van der Waals surface area contributed by atoms with Crippen molar-refractivity contribution in [2.24, 2.45) is 5.41 Å². The third-order valence-electron chi connectivity index (χ3n) is 2.70. The molecule has 0 radical (unpaired) electrons. The van der Waals surface area contributed by atoms with Crippen LogP contribution in [0.25, 0.3) is 0 Å². The van der Waals surface area contributed by atoms with Crippen LogP contribution < -0.4 is 4.74 Å². The van der Waals surface area contributed by atoms with Crippen LogP contribution in [0.2, 0.25) is 0 Å². The molecule has 0 saturated heterocycles. The lowest BCUT2D eigenvalue weighted by molar-refractivity contribution is -0.149. The molecule has 5 heteroatoms. The predicted molar refractivity (Wildman–Crippen MR) is 76.2 cm³/mol.